The predicted molar refractivity (Wildman–Crippen MR) is 269 cm³/mol. The summed E-state index contributed by atoms with van der Waals surface area (Å²) in [7, 11) is 0. The number of para-hydroxylation sites is 2. The minimum atomic E-state index is -0.449. The molecule has 0 radical (unpaired) electrons. The zero-order valence-electron chi connectivity index (χ0n) is 35.1. The van der Waals surface area contributed by atoms with Gasteiger partial charge in [0, 0.05) is 21.5 Å². The first-order valence-electron chi connectivity index (χ1n) is 22.5. The molecule has 1 spiro atoms. The monoisotopic (exact) mass is 824 g/mol. The lowest BCUT2D eigenvalue weighted by Crippen LogP contribution is -2.25. The Balaban J connectivity index is 1.06. The number of benzene rings is 11. The molecule has 2 aliphatic rings. The van der Waals surface area contributed by atoms with E-state index in [4.69, 9.17) is 8.83 Å². The molecule has 2 nitrogen and oxygen atoms in total. The van der Waals surface area contributed by atoms with Crippen LogP contribution in [-0.2, 0) is 5.41 Å². The van der Waals surface area contributed by atoms with Gasteiger partial charge in [0.05, 0.1) is 5.41 Å². The summed E-state index contributed by atoms with van der Waals surface area (Å²) < 4.78 is 13.0. The molecule has 300 valence electrons. The second-order valence-electron chi connectivity index (χ2n) is 17.8. The van der Waals surface area contributed by atoms with Gasteiger partial charge in [0.2, 0.25) is 0 Å². The number of furan rings is 2. The molecule has 15 rings (SSSR count). The molecule has 2 heteroatoms. The molecule has 0 unspecified atom stereocenters. The summed E-state index contributed by atoms with van der Waals surface area (Å²) in [4.78, 5) is 0. The molecule has 0 bridgehead atoms. The van der Waals surface area contributed by atoms with Gasteiger partial charge in [-0.15, -0.1) is 0 Å². The van der Waals surface area contributed by atoms with Crippen LogP contribution >= 0.6 is 0 Å². The molecule has 0 fully saturated rings. The van der Waals surface area contributed by atoms with Gasteiger partial charge in [-0.05, 0) is 142 Å². The van der Waals surface area contributed by atoms with Gasteiger partial charge in [-0.25, -0.2) is 0 Å². The number of hydrogen-bond donors (Lipinski definition) is 0. The molecule has 0 saturated carbocycles. The van der Waals surface area contributed by atoms with Gasteiger partial charge in [0.1, 0.15) is 22.3 Å². The smallest absolute Gasteiger partial charge is 0.136 e. The molecule has 0 atom stereocenters. The van der Waals surface area contributed by atoms with Crippen molar-refractivity contribution in [2.75, 3.05) is 0 Å². The van der Waals surface area contributed by atoms with Crippen LogP contribution in [0.4, 0.5) is 0 Å². The molecule has 2 aliphatic carbocycles. The SMILES string of the molecule is c1ccc2c(c1)-c1ccccc1C21c2ccccc2-c2c(-c3c4cccc(-c5ccc6c(c5)oc5ccccc56)c4cc4c(-c5ccc6c(c5)oc5ccccc56)cccc34)cccc21. The first kappa shape index (κ1) is 35.1. The lowest BCUT2D eigenvalue weighted by atomic mass is 9.70. The van der Waals surface area contributed by atoms with Gasteiger partial charge in [-0.2, -0.15) is 0 Å². The summed E-state index contributed by atoms with van der Waals surface area (Å²) in [6, 6.07) is 80.5. The topological polar surface area (TPSA) is 26.3 Å². The quantitative estimate of drug-likeness (QED) is 0.166. The molecule has 0 aliphatic heterocycles. The third-order valence-corrected chi connectivity index (χ3v) is 14.7. The molecule has 11 aromatic carbocycles. The Morgan fingerprint density at radius 2 is 0.631 bits per heavy atom. The van der Waals surface area contributed by atoms with Crippen LogP contribution in [0.1, 0.15) is 22.3 Å². The fourth-order valence-corrected chi connectivity index (χ4v) is 12.1. The second-order valence-corrected chi connectivity index (χ2v) is 17.8. The molecule has 65 heavy (non-hydrogen) atoms. The molecule has 2 heterocycles. The van der Waals surface area contributed by atoms with Crippen molar-refractivity contribution in [2.24, 2.45) is 0 Å². The lowest BCUT2D eigenvalue weighted by molar-refractivity contribution is 0.668. The van der Waals surface area contributed by atoms with Gasteiger partial charge in [0.25, 0.3) is 0 Å². The summed E-state index contributed by atoms with van der Waals surface area (Å²) in [6.45, 7) is 0. The van der Waals surface area contributed by atoms with E-state index in [2.05, 4.69) is 206 Å². The Hall–Kier alpha value is -8.46. The Bertz CT molecular complexity index is 3980. The Morgan fingerprint density at radius 3 is 1.20 bits per heavy atom. The first-order chi connectivity index (χ1) is 32.2. The van der Waals surface area contributed by atoms with E-state index in [1.165, 1.54) is 88.3 Å². The highest BCUT2D eigenvalue weighted by atomic mass is 16.3. The molecular weight excluding hydrogens is 789 g/mol. The van der Waals surface area contributed by atoms with Crippen LogP contribution < -0.4 is 0 Å². The minimum Gasteiger partial charge on any atom is -0.456 e. The lowest BCUT2D eigenvalue weighted by Gasteiger charge is -2.30. The highest BCUT2D eigenvalue weighted by molar-refractivity contribution is 6.21. The van der Waals surface area contributed by atoms with E-state index in [0.717, 1.165) is 55.0 Å². The van der Waals surface area contributed by atoms with Crippen molar-refractivity contribution in [3.63, 3.8) is 0 Å². The van der Waals surface area contributed by atoms with E-state index in [1.54, 1.807) is 0 Å². The van der Waals surface area contributed by atoms with E-state index in [0.29, 0.717) is 0 Å². The summed E-state index contributed by atoms with van der Waals surface area (Å²) in [5, 5.41) is 9.33. The maximum atomic E-state index is 6.49. The van der Waals surface area contributed by atoms with Crippen LogP contribution in [0.3, 0.4) is 0 Å². The van der Waals surface area contributed by atoms with Gasteiger partial charge in [-0.1, -0.05) is 176 Å². The van der Waals surface area contributed by atoms with Crippen molar-refractivity contribution in [1.82, 2.24) is 0 Å². The Morgan fingerprint density at radius 1 is 0.231 bits per heavy atom. The number of hydrogen-bond acceptors (Lipinski definition) is 2. The molecule has 0 N–H and O–H groups in total. The fraction of sp³-hybridized carbons (Fsp3) is 0.0159. The average Bonchev–Trinajstić information content (AvgIpc) is 4.10. The van der Waals surface area contributed by atoms with Gasteiger partial charge < -0.3 is 8.83 Å². The average molecular weight is 825 g/mol. The van der Waals surface area contributed by atoms with E-state index in [1.807, 2.05) is 12.1 Å². The fourth-order valence-electron chi connectivity index (χ4n) is 12.1. The maximum absolute atomic E-state index is 6.49. The van der Waals surface area contributed by atoms with E-state index >= 15 is 0 Å². The van der Waals surface area contributed by atoms with Crippen molar-refractivity contribution in [1.29, 1.82) is 0 Å². The molecule has 13 aromatic rings. The minimum absolute atomic E-state index is 0.449. The van der Waals surface area contributed by atoms with Gasteiger partial charge >= 0.3 is 0 Å². The molecular formula is C63H36O2. The Kier molecular flexibility index (Phi) is 6.91. The van der Waals surface area contributed by atoms with Gasteiger partial charge in [0.15, 0.2) is 0 Å². The van der Waals surface area contributed by atoms with Crippen molar-refractivity contribution in [3.05, 3.63) is 241 Å². The standard InChI is InChI=1S/C63H36O2/c1-6-24-53-41(14-1)42-15-2-7-25-54(42)63(53)55-26-8-3-18-49(55)62-50(23-13-27-56(62)63)61-47-21-11-19-39(37-30-32-45-43-16-4-9-28-57(43)64-59(45)34-37)51(47)36-52-40(20-12-22-48(52)61)38-31-33-46-44-17-5-10-29-58(44)65-60(46)35-38/h1-36H. The third kappa shape index (κ3) is 4.58. The van der Waals surface area contributed by atoms with Crippen molar-refractivity contribution in [3.8, 4) is 55.6 Å². The normalized spacial score (nSPS) is 13.4. The highest BCUT2D eigenvalue weighted by Gasteiger charge is 2.52. The van der Waals surface area contributed by atoms with E-state index < -0.39 is 5.41 Å². The number of rotatable bonds is 3. The summed E-state index contributed by atoms with van der Waals surface area (Å²) in [6.07, 6.45) is 0. The summed E-state index contributed by atoms with van der Waals surface area (Å²) >= 11 is 0. The van der Waals surface area contributed by atoms with E-state index in [-0.39, 0.29) is 0 Å². The van der Waals surface area contributed by atoms with Crippen LogP contribution in [0, 0.1) is 0 Å². The van der Waals surface area contributed by atoms with Crippen LogP contribution in [0.2, 0.25) is 0 Å². The maximum Gasteiger partial charge on any atom is 0.136 e. The molecule has 0 saturated heterocycles. The van der Waals surface area contributed by atoms with Crippen molar-refractivity contribution in [2.45, 2.75) is 5.41 Å². The molecule has 0 amide bonds. The molecule has 2 aromatic heterocycles. The number of fused-ring (bicyclic) bond motifs is 18. The van der Waals surface area contributed by atoms with Crippen LogP contribution in [0.5, 0.6) is 0 Å². The highest BCUT2D eigenvalue weighted by Crippen LogP contribution is 2.64. The third-order valence-electron chi connectivity index (χ3n) is 14.7. The van der Waals surface area contributed by atoms with Gasteiger partial charge in [-0.3, -0.25) is 0 Å². The zero-order chi connectivity index (χ0) is 42.4. The first-order valence-corrected chi connectivity index (χ1v) is 22.5. The van der Waals surface area contributed by atoms with Crippen molar-refractivity contribution >= 4 is 65.4 Å². The van der Waals surface area contributed by atoms with E-state index in [9.17, 15) is 0 Å². The van der Waals surface area contributed by atoms with Crippen LogP contribution in [0.25, 0.3) is 121 Å². The van der Waals surface area contributed by atoms with Crippen LogP contribution in [-0.4, -0.2) is 0 Å². The predicted octanol–water partition coefficient (Wildman–Crippen LogP) is 17.1. The second kappa shape index (κ2) is 12.8. The van der Waals surface area contributed by atoms with Crippen LogP contribution in [0.15, 0.2) is 227 Å². The summed E-state index contributed by atoms with van der Waals surface area (Å²) in [5.74, 6) is 0. The summed E-state index contributed by atoms with van der Waals surface area (Å²) in [5.41, 5.74) is 20.7. The zero-order valence-corrected chi connectivity index (χ0v) is 35.1. The largest absolute Gasteiger partial charge is 0.456 e. The van der Waals surface area contributed by atoms with Crippen molar-refractivity contribution < 1.29 is 8.83 Å². The Labute approximate surface area is 374 Å².